The van der Waals surface area contributed by atoms with Gasteiger partial charge >= 0.3 is 5.97 Å². The molecule has 0 radical (unpaired) electrons. The molecule has 0 atom stereocenters. The zero-order chi connectivity index (χ0) is 14.3. The predicted octanol–water partition coefficient (Wildman–Crippen LogP) is 4.12. The zero-order valence-electron chi connectivity index (χ0n) is 11.4. The van der Waals surface area contributed by atoms with Gasteiger partial charge in [0.15, 0.2) is 0 Å². The summed E-state index contributed by atoms with van der Waals surface area (Å²) in [5, 5.41) is 0. The Morgan fingerprint density at radius 2 is 1.95 bits per heavy atom. The average molecular weight is 371 g/mol. The maximum atomic E-state index is 12.1. The van der Waals surface area contributed by atoms with Crippen molar-refractivity contribution in [3.8, 4) is 0 Å². The van der Waals surface area contributed by atoms with Crippen molar-refractivity contribution in [2.24, 2.45) is 10.4 Å². The minimum Gasteiger partial charge on any atom is -0.456 e. The molecule has 0 aliphatic rings. The molecule has 1 aromatic rings. The molecule has 19 heavy (non-hydrogen) atoms. The molecule has 0 spiro atoms. The fourth-order valence-corrected chi connectivity index (χ4v) is 1.61. The van der Waals surface area contributed by atoms with Crippen LogP contribution in [0.25, 0.3) is 0 Å². The maximum Gasteiger partial charge on any atom is 0.353 e. The molecule has 0 saturated carbocycles. The number of hydrogen-bond acceptors (Lipinski definition) is 3. The van der Waals surface area contributed by atoms with E-state index in [4.69, 9.17) is 4.74 Å². The molecule has 0 aromatic heterocycles. The second kappa shape index (κ2) is 7.43. The van der Waals surface area contributed by atoms with Crippen LogP contribution in [-0.4, -0.2) is 11.7 Å². The molecule has 0 amide bonds. The van der Waals surface area contributed by atoms with E-state index in [0.29, 0.717) is 5.71 Å². The summed E-state index contributed by atoms with van der Waals surface area (Å²) in [6, 6.07) is 9.61. The monoisotopic (exact) mass is 371 g/mol. The summed E-state index contributed by atoms with van der Waals surface area (Å²) in [6.07, 6.45) is 1.60. The summed E-state index contributed by atoms with van der Waals surface area (Å²) in [7, 11) is 0. The van der Waals surface area contributed by atoms with Crippen molar-refractivity contribution >= 4 is 34.3 Å². The lowest BCUT2D eigenvalue weighted by Gasteiger charge is -2.19. The van der Waals surface area contributed by atoms with Crippen molar-refractivity contribution in [2.45, 2.75) is 27.4 Å². The topological polar surface area (TPSA) is 38.7 Å². The Morgan fingerprint density at radius 1 is 1.32 bits per heavy atom. The average Bonchev–Trinajstić information content (AvgIpc) is 2.36. The summed E-state index contributed by atoms with van der Waals surface area (Å²) >= 11 is 2.06. The molecule has 0 bridgehead atoms. The number of ether oxygens (including phenoxy) is 1. The molecule has 0 heterocycles. The molecular formula is C15H18INO2. The van der Waals surface area contributed by atoms with Crippen molar-refractivity contribution in [1.29, 1.82) is 0 Å². The number of halogens is 1. The van der Waals surface area contributed by atoms with Gasteiger partial charge in [-0.15, -0.1) is 0 Å². The third-order valence-electron chi connectivity index (χ3n) is 2.38. The van der Waals surface area contributed by atoms with Gasteiger partial charge in [0.2, 0.25) is 0 Å². The molecule has 1 aromatic carbocycles. The SMILES string of the molecule is CC(C)(C)/C(=N/C=C\I)C(=O)OCc1ccccc1. The molecule has 4 heteroatoms. The molecule has 0 aliphatic carbocycles. The van der Waals surface area contributed by atoms with E-state index in [1.807, 2.05) is 51.1 Å². The number of hydrogen-bond donors (Lipinski definition) is 0. The number of carbonyl (C=O) groups is 1. The fraction of sp³-hybridized carbons (Fsp3) is 0.333. The van der Waals surface area contributed by atoms with E-state index in [9.17, 15) is 4.79 Å². The van der Waals surface area contributed by atoms with Crippen molar-refractivity contribution in [3.63, 3.8) is 0 Å². The quantitative estimate of drug-likeness (QED) is 0.454. The van der Waals surface area contributed by atoms with Gasteiger partial charge in [0, 0.05) is 11.6 Å². The number of esters is 1. The number of aliphatic imine (C=N–C) groups is 1. The molecule has 3 nitrogen and oxygen atoms in total. The third-order valence-corrected chi connectivity index (χ3v) is 2.70. The first-order valence-corrected chi connectivity index (χ1v) is 7.24. The fourth-order valence-electron chi connectivity index (χ4n) is 1.45. The predicted molar refractivity (Wildman–Crippen MR) is 86.3 cm³/mol. The molecular weight excluding hydrogens is 353 g/mol. The highest BCUT2D eigenvalue weighted by Gasteiger charge is 2.26. The van der Waals surface area contributed by atoms with Gasteiger partial charge in [0.1, 0.15) is 12.3 Å². The van der Waals surface area contributed by atoms with E-state index in [1.54, 1.807) is 10.3 Å². The van der Waals surface area contributed by atoms with E-state index in [0.717, 1.165) is 5.56 Å². The standard InChI is InChI=1S/C15H18INO2/c1-15(2,3)13(17-10-9-16)14(18)19-11-12-7-5-4-6-8-12/h4-10H,11H2,1-3H3/b10-9-,17-13+. The van der Waals surface area contributed by atoms with Crippen LogP contribution in [0.15, 0.2) is 45.6 Å². The minimum atomic E-state index is -0.370. The van der Waals surface area contributed by atoms with Crippen LogP contribution in [0, 0.1) is 5.41 Å². The first-order chi connectivity index (χ1) is 8.95. The largest absolute Gasteiger partial charge is 0.456 e. The Hall–Kier alpha value is -1.17. The van der Waals surface area contributed by atoms with Gasteiger partial charge in [0.05, 0.1) is 0 Å². The molecule has 0 saturated heterocycles. The van der Waals surface area contributed by atoms with Gasteiger partial charge in [0.25, 0.3) is 0 Å². The van der Waals surface area contributed by atoms with E-state index in [-0.39, 0.29) is 18.0 Å². The van der Waals surface area contributed by atoms with E-state index < -0.39 is 0 Å². The first kappa shape index (κ1) is 15.9. The van der Waals surface area contributed by atoms with Gasteiger partial charge < -0.3 is 4.74 Å². The molecule has 1 rings (SSSR count). The minimum absolute atomic E-state index is 0.267. The van der Waals surface area contributed by atoms with Crippen LogP contribution in [0.3, 0.4) is 0 Å². The normalized spacial score (nSPS) is 12.7. The molecule has 0 N–H and O–H groups in total. The van der Waals surface area contributed by atoms with Crippen LogP contribution in [0.2, 0.25) is 0 Å². The van der Waals surface area contributed by atoms with Gasteiger partial charge in [-0.05, 0) is 9.65 Å². The van der Waals surface area contributed by atoms with Crippen LogP contribution < -0.4 is 0 Å². The van der Waals surface area contributed by atoms with E-state index in [1.165, 1.54) is 0 Å². The van der Waals surface area contributed by atoms with Crippen LogP contribution in [-0.2, 0) is 16.1 Å². The number of rotatable bonds is 4. The van der Waals surface area contributed by atoms with Crippen molar-refractivity contribution < 1.29 is 9.53 Å². The molecule has 0 fully saturated rings. The lowest BCUT2D eigenvalue weighted by molar-refractivity contribution is -0.137. The lowest BCUT2D eigenvalue weighted by atomic mass is 9.90. The zero-order valence-corrected chi connectivity index (χ0v) is 13.5. The Kier molecular flexibility index (Phi) is 6.21. The summed E-state index contributed by atoms with van der Waals surface area (Å²) in [4.78, 5) is 16.3. The third kappa shape index (κ3) is 5.55. The van der Waals surface area contributed by atoms with Gasteiger partial charge in [-0.25, -0.2) is 4.79 Å². The van der Waals surface area contributed by atoms with Gasteiger partial charge in [-0.2, -0.15) is 0 Å². The Bertz CT molecular complexity index is 473. The second-order valence-corrected chi connectivity index (χ2v) is 5.78. The van der Waals surface area contributed by atoms with Gasteiger partial charge in [-0.3, -0.25) is 4.99 Å². The van der Waals surface area contributed by atoms with Crippen LogP contribution in [0.1, 0.15) is 26.3 Å². The highest BCUT2D eigenvalue weighted by Crippen LogP contribution is 2.18. The lowest BCUT2D eigenvalue weighted by Crippen LogP contribution is -2.30. The maximum absolute atomic E-state index is 12.1. The molecule has 102 valence electrons. The van der Waals surface area contributed by atoms with Crippen LogP contribution in [0.4, 0.5) is 0 Å². The van der Waals surface area contributed by atoms with Crippen molar-refractivity contribution in [3.05, 3.63) is 46.2 Å². The number of benzene rings is 1. The highest BCUT2D eigenvalue weighted by atomic mass is 127. The number of carbonyl (C=O) groups excluding carboxylic acids is 1. The summed E-state index contributed by atoms with van der Waals surface area (Å²) < 4.78 is 7.07. The molecule has 0 unspecified atom stereocenters. The Balaban J connectivity index is 2.74. The summed E-state index contributed by atoms with van der Waals surface area (Å²) in [6.45, 7) is 6.09. The smallest absolute Gasteiger partial charge is 0.353 e. The van der Waals surface area contributed by atoms with E-state index >= 15 is 0 Å². The van der Waals surface area contributed by atoms with Crippen LogP contribution in [0.5, 0.6) is 0 Å². The van der Waals surface area contributed by atoms with Gasteiger partial charge in [-0.1, -0.05) is 73.7 Å². The summed E-state index contributed by atoms with van der Waals surface area (Å²) in [5.74, 6) is -0.370. The number of nitrogens with zero attached hydrogens (tertiary/aromatic N) is 1. The second-order valence-electron chi connectivity index (χ2n) is 5.06. The van der Waals surface area contributed by atoms with E-state index in [2.05, 4.69) is 27.6 Å². The molecule has 0 aliphatic heterocycles. The van der Waals surface area contributed by atoms with Crippen molar-refractivity contribution in [2.75, 3.05) is 0 Å². The van der Waals surface area contributed by atoms with Crippen molar-refractivity contribution in [1.82, 2.24) is 0 Å². The Labute approximate surface area is 127 Å². The summed E-state index contributed by atoms with van der Waals surface area (Å²) in [5.41, 5.74) is 1.05. The highest BCUT2D eigenvalue weighted by molar-refractivity contribution is 14.1. The Morgan fingerprint density at radius 3 is 2.47 bits per heavy atom. The first-order valence-electron chi connectivity index (χ1n) is 5.99. The van der Waals surface area contributed by atoms with Crippen LogP contribution >= 0.6 is 22.6 Å².